The van der Waals surface area contributed by atoms with E-state index in [0.717, 1.165) is 12.4 Å². The molecule has 0 aliphatic carbocycles. The molecule has 1 aromatic carbocycles. The molecule has 0 bridgehead atoms. The van der Waals surface area contributed by atoms with E-state index >= 15 is 0 Å². The van der Waals surface area contributed by atoms with E-state index in [0.29, 0.717) is 42.4 Å². The number of halogens is 2. The minimum absolute atomic E-state index is 0. The number of amides is 1. The number of carbonyl (C=O) groups excluding carboxylic acids is 1. The van der Waals surface area contributed by atoms with Gasteiger partial charge in [0.15, 0.2) is 0 Å². The molecule has 1 saturated heterocycles. The molecule has 3 aromatic rings. The Bertz CT molecular complexity index is 1020. The van der Waals surface area contributed by atoms with E-state index in [4.69, 9.17) is 4.52 Å². The fraction of sp³-hybridized carbons (Fsp3) is 0.400. The largest absolute Gasteiger partial charge is 0.339 e. The Morgan fingerprint density at radius 2 is 2.23 bits per heavy atom. The lowest BCUT2D eigenvalue weighted by Gasteiger charge is -2.35. The summed E-state index contributed by atoms with van der Waals surface area (Å²) in [6.45, 7) is 3.73. The van der Waals surface area contributed by atoms with Crippen molar-refractivity contribution in [2.24, 2.45) is 7.05 Å². The molecule has 1 N–H and O–H groups in total. The minimum atomic E-state index is -0.277. The van der Waals surface area contributed by atoms with E-state index in [-0.39, 0.29) is 36.6 Å². The highest BCUT2D eigenvalue weighted by molar-refractivity contribution is 5.85. The third-order valence-corrected chi connectivity index (χ3v) is 5.16. The molecule has 1 unspecified atom stereocenters. The lowest BCUT2D eigenvalue weighted by atomic mass is 10.1. The van der Waals surface area contributed by atoms with Crippen molar-refractivity contribution in [1.82, 2.24) is 29.9 Å². The second kappa shape index (κ2) is 9.36. The van der Waals surface area contributed by atoms with E-state index in [1.165, 1.54) is 6.07 Å². The third kappa shape index (κ3) is 4.52. The quantitative estimate of drug-likeness (QED) is 0.663. The molecule has 2 aromatic heterocycles. The first kappa shape index (κ1) is 21.9. The number of imidazole rings is 1. The summed E-state index contributed by atoms with van der Waals surface area (Å²) in [4.78, 5) is 23.5. The number of hydrogen-bond donors (Lipinski definition) is 1. The average Bonchev–Trinajstić information content (AvgIpc) is 3.37. The summed E-state index contributed by atoms with van der Waals surface area (Å²) in [6, 6.07) is 4.57. The maximum absolute atomic E-state index is 13.4. The Morgan fingerprint density at radius 1 is 1.40 bits per heavy atom. The molecule has 1 fully saturated rings. The summed E-state index contributed by atoms with van der Waals surface area (Å²) < 4.78 is 20.7. The van der Waals surface area contributed by atoms with Gasteiger partial charge in [-0.2, -0.15) is 4.98 Å². The number of rotatable bonds is 5. The fourth-order valence-corrected chi connectivity index (χ4v) is 3.55. The smallest absolute Gasteiger partial charge is 0.227 e. The van der Waals surface area contributed by atoms with Gasteiger partial charge in [-0.15, -0.1) is 12.4 Å². The van der Waals surface area contributed by atoms with Gasteiger partial charge in [0.05, 0.1) is 0 Å². The molecule has 0 radical (unpaired) electrons. The molecular formula is C20H24ClFN6O2. The van der Waals surface area contributed by atoms with Crippen LogP contribution in [0.4, 0.5) is 4.39 Å². The molecule has 1 aliphatic rings. The summed E-state index contributed by atoms with van der Waals surface area (Å²) in [5.74, 6) is 1.39. The number of piperazine rings is 1. The van der Waals surface area contributed by atoms with Crippen LogP contribution in [0, 0.1) is 12.7 Å². The molecule has 1 amide bonds. The molecule has 8 nitrogen and oxygen atoms in total. The van der Waals surface area contributed by atoms with Gasteiger partial charge in [0.2, 0.25) is 17.6 Å². The predicted molar refractivity (Wildman–Crippen MR) is 111 cm³/mol. The first-order valence-electron chi connectivity index (χ1n) is 9.59. The van der Waals surface area contributed by atoms with Crippen LogP contribution in [0.2, 0.25) is 0 Å². The van der Waals surface area contributed by atoms with Crippen molar-refractivity contribution >= 4 is 18.3 Å². The SMILES string of the molecule is Cc1cc(-c2noc(CCC(=O)N3CCNCC3c3nccn3C)n2)ccc1F.Cl. The Balaban J connectivity index is 0.00000256. The number of nitrogens with one attached hydrogen (secondary N) is 1. The van der Waals surface area contributed by atoms with E-state index in [1.54, 1.807) is 25.3 Å². The van der Waals surface area contributed by atoms with Crippen molar-refractivity contribution < 1.29 is 13.7 Å². The maximum Gasteiger partial charge on any atom is 0.227 e. The zero-order valence-electron chi connectivity index (χ0n) is 16.8. The van der Waals surface area contributed by atoms with Crippen molar-refractivity contribution in [2.45, 2.75) is 25.8 Å². The average molecular weight is 435 g/mol. The van der Waals surface area contributed by atoms with Crippen LogP contribution in [0.5, 0.6) is 0 Å². The Morgan fingerprint density at radius 3 is 2.97 bits per heavy atom. The summed E-state index contributed by atoms with van der Waals surface area (Å²) >= 11 is 0. The molecular weight excluding hydrogens is 411 g/mol. The minimum Gasteiger partial charge on any atom is -0.339 e. The van der Waals surface area contributed by atoms with Crippen LogP contribution >= 0.6 is 12.4 Å². The van der Waals surface area contributed by atoms with Crippen LogP contribution in [-0.2, 0) is 18.3 Å². The van der Waals surface area contributed by atoms with E-state index in [1.807, 2.05) is 22.7 Å². The number of aromatic nitrogens is 4. The van der Waals surface area contributed by atoms with Crippen LogP contribution in [0.3, 0.4) is 0 Å². The summed E-state index contributed by atoms with van der Waals surface area (Å²) in [5, 5.41) is 7.28. The highest BCUT2D eigenvalue weighted by atomic mass is 35.5. The summed E-state index contributed by atoms with van der Waals surface area (Å²) in [5.41, 5.74) is 1.20. The van der Waals surface area contributed by atoms with Crippen LogP contribution in [0.1, 0.15) is 29.7 Å². The molecule has 1 atom stereocenters. The van der Waals surface area contributed by atoms with E-state index < -0.39 is 0 Å². The van der Waals surface area contributed by atoms with Gasteiger partial charge >= 0.3 is 0 Å². The van der Waals surface area contributed by atoms with Crippen molar-refractivity contribution in [3.05, 3.63) is 53.7 Å². The third-order valence-electron chi connectivity index (χ3n) is 5.16. The molecule has 0 saturated carbocycles. The Kier molecular flexibility index (Phi) is 6.84. The van der Waals surface area contributed by atoms with Gasteiger partial charge in [-0.05, 0) is 30.7 Å². The zero-order chi connectivity index (χ0) is 20.4. The molecule has 160 valence electrons. The van der Waals surface area contributed by atoms with E-state index in [2.05, 4.69) is 20.4 Å². The number of carbonyl (C=O) groups is 1. The maximum atomic E-state index is 13.4. The molecule has 1 aliphatic heterocycles. The highest BCUT2D eigenvalue weighted by Gasteiger charge is 2.30. The van der Waals surface area contributed by atoms with Crippen LogP contribution in [0.15, 0.2) is 35.1 Å². The van der Waals surface area contributed by atoms with Gasteiger partial charge in [0.1, 0.15) is 17.7 Å². The normalized spacial score (nSPS) is 16.4. The molecule has 30 heavy (non-hydrogen) atoms. The summed E-state index contributed by atoms with van der Waals surface area (Å²) in [6.07, 6.45) is 4.24. The Labute approximate surface area is 179 Å². The molecule has 0 spiro atoms. The second-order valence-electron chi connectivity index (χ2n) is 7.18. The first-order valence-corrected chi connectivity index (χ1v) is 9.59. The molecule has 3 heterocycles. The van der Waals surface area contributed by atoms with Crippen LogP contribution in [-0.4, -0.2) is 50.1 Å². The lowest BCUT2D eigenvalue weighted by Crippen LogP contribution is -2.49. The number of aryl methyl sites for hydroxylation is 3. The topological polar surface area (TPSA) is 89.1 Å². The van der Waals surface area contributed by atoms with Crippen molar-refractivity contribution in [3.8, 4) is 11.4 Å². The number of nitrogens with zero attached hydrogens (tertiary/aromatic N) is 5. The Hall–Kier alpha value is -2.78. The van der Waals surface area contributed by atoms with Gasteiger partial charge < -0.3 is 19.3 Å². The van der Waals surface area contributed by atoms with Crippen molar-refractivity contribution in [1.29, 1.82) is 0 Å². The number of hydrogen-bond acceptors (Lipinski definition) is 6. The van der Waals surface area contributed by atoms with Crippen molar-refractivity contribution in [2.75, 3.05) is 19.6 Å². The highest BCUT2D eigenvalue weighted by Crippen LogP contribution is 2.23. The molecule has 10 heteroatoms. The van der Waals surface area contributed by atoms with Gasteiger partial charge in [0.25, 0.3) is 0 Å². The predicted octanol–water partition coefficient (Wildman–Crippen LogP) is 2.45. The van der Waals surface area contributed by atoms with Crippen LogP contribution < -0.4 is 5.32 Å². The summed E-state index contributed by atoms with van der Waals surface area (Å²) in [7, 11) is 1.93. The number of benzene rings is 1. The van der Waals surface area contributed by atoms with Crippen LogP contribution in [0.25, 0.3) is 11.4 Å². The zero-order valence-corrected chi connectivity index (χ0v) is 17.7. The van der Waals surface area contributed by atoms with Gasteiger partial charge in [-0.25, -0.2) is 9.37 Å². The second-order valence-corrected chi connectivity index (χ2v) is 7.18. The lowest BCUT2D eigenvalue weighted by molar-refractivity contribution is -0.134. The van der Waals surface area contributed by atoms with E-state index in [9.17, 15) is 9.18 Å². The fourth-order valence-electron chi connectivity index (χ4n) is 3.55. The molecule has 4 rings (SSSR count). The first-order chi connectivity index (χ1) is 14.0. The van der Waals surface area contributed by atoms with Gasteiger partial charge in [0, 0.05) is 57.5 Å². The standard InChI is InChI=1S/C20H23FN6O2.ClH/c1-13-11-14(3-4-15(13)21)19-24-17(29-25-19)5-6-18(28)27-10-7-22-12-16(27)20-23-8-9-26(20)2;/h3-4,8-9,11,16,22H,5-7,10,12H2,1-2H3;1H. The van der Waals surface area contributed by atoms with Gasteiger partial charge in [-0.1, -0.05) is 5.16 Å². The monoisotopic (exact) mass is 434 g/mol. The van der Waals surface area contributed by atoms with Crippen molar-refractivity contribution in [3.63, 3.8) is 0 Å². The van der Waals surface area contributed by atoms with Gasteiger partial charge in [-0.3, -0.25) is 4.79 Å².